The van der Waals surface area contributed by atoms with Crippen molar-refractivity contribution in [2.75, 3.05) is 5.73 Å². The van der Waals surface area contributed by atoms with Gasteiger partial charge in [0.15, 0.2) is 5.65 Å². The van der Waals surface area contributed by atoms with E-state index in [1.807, 2.05) is 0 Å². The molecule has 0 aromatic carbocycles. The Kier molecular flexibility index (Phi) is 5.49. The van der Waals surface area contributed by atoms with Crippen LogP contribution >= 0.6 is 0 Å². The number of esters is 1. The molecule has 3 heterocycles. The van der Waals surface area contributed by atoms with Gasteiger partial charge in [-0.05, 0) is 6.92 Å². The molecule has 0 saturated carbocycles. The third-order valence-corrected chi connectivity index (χ3v) is 3.59. The van der Waals surface area contributed by atoms with Gasteiger partial charge in [0, 0.05) is 19.4 Å². The summed E-state index contributed by atoms with van der Waals surface area (Å²) in [5.74, 6) is 1.36. The predicted molar refractivity (Wildman–Crippen MR) is 88.7 cm³/mol. The van der Waals surface area contributed by atoms with Crippen molar-refractivity contribution >= 4 is 29.0 Å². The Labute approximate surface area is 143 Å². The highest BCUT2D eigenvalue weighted by atomic mass is 16.6. The van der Waals surface area contributed by atoms with Crippen LogP contribution in [0.25, 0.3) is 11.2 Å². The Morgan fingerprint density at radius 2 is 2.24 bits per heavy atom. The monoisotopic (exact) mass is 343 g/mol. The van der Waals surface area contributed by atoms with Crippen LogP contribution in [0.1, 0.15) is 25.3 Å². The highest BCUT2D eigenvalue weighted by Crippen LogP contribution is 2.33. The molecule has 0 aliphatic carbocycles. The van der Waals surface area contributed by atoms with Crippen molar-refractivity contribution in [1.82, 2.24) is 19.5 Å². The van der Waals surface area contributed by atoms with Gasteiger partial charge in [0.2, 0.25) is 5.95 Å². The molecule has 9 heteroatoms. The Hall–Kier alpha value is -3.21. The van der Waals surface area contributed by atoms with Gasteiger partial charge in [-0.2, -0.15) is 4.98 Å². The smallest absolute Gasteiger partial charge is 0.303 e. The van der Waals surface area contributed by atoms with Gasteiger partial charge in [-0.3, -0.25) is 9.36 Å². The van der Waals surface area contributed by atoms with Crippen molar-refractivity contribution in [3.05, 3.63) is 18.1 Å². The molecule has 0 amide bonds. The number of carbonyl (C=O) groups is 1. The van der Waals surface area contributed by atoms with E-state index < -0.39 is 24.4 Å². The van der Waals surface area contributed by atoms with Crippen LogP contribution in [0.2, 0.25) is 0 Å². The minimum Gasteiger partial charge on any atom is -0.459 e. The minimum atomic E-state index is -0.667. The zero-order valence-electron chi connectivity index (χ0n) is 13.7. The highest BCUT2D eigenvalue weighted by molar-refractivity contribution is 5.74. The van der Waals surface area contributed by atoms with Crippen LogP contribution in [0, 0.1) is 19.8 Å². The second-order valence-electron chi connectivity index (χ2n) is 5.21. The molecule has 3 rings (SSSR count). The average Bonchev–Trinajstić information content (AvgIpc) is 3.14. The number of fused-ring (bicyclic) bond motifs is 1. The summed E-state index contributed by atoms with van der Waals surface area (Å²) in [7, 11) is 0. The summed E-state index contributed by atoms with van der Waals surface area (Å²) in [5, 5.41) is 0. The number of hydrogen-bond donors (Lipinski definition) is 1. The first-order valence-electron chi connectivity index (χ1n) is 7.33. The number of nitrogen functional groups attached to an aromatic ring is 1. The van der Waals surface area contributed by atoms with Crippen molar-refractivity contribution in [2.45, 2.75) is 38.7 Å². The van der Waals surface area contributed by atoms with Crippen LogP contribution in [0.15, 0.2) is 12.4 Å². The Balaban J connectivity index is 0.00000109. The fraction of sp³-hybridized carbons (Fsp3) is 0.375. The largest absolute Gasteiger partial charge is 0.459 e. The fourth-order valence-corrected chi connectivity index (χ4v) is 2.67. The second-order valence-corrected chi connectivity index (χ2v) is 5.21. The molecule has 1 fully saturated rings. The van der Waals surface area contributed by atoms with Gasteiger partial charge in [0.25, 0.3) is 0 Å². The van der Waals surface area contributed by atoms with Crippen molar-refractivity contribution in [3.63, 3.8) is 0 Å². The van der Waals surface area contributed by atoms with Crippen LogP contribution in [-0.4, -0.2) is 43.6 Å². The van der Waals surface area contributed by atoms with E-state index in [9.17, 15) is 9.59 Å². The Bertz CT molecular complexity index is 853. The standard InChI is InChI=1S/C14H15N5O4.C2H2/c1-7-12-13(18-14(15)17-7)19(6-16-12)11-5-10(22-8(2)21)9(23-11)3-4-20;1-2/h3,6,9-11H,5H2,1-2H3,(H2,15,17,18);1-2H/t9-,10+,11-;/m1./s1. The maximum absolute atomic E-state index is 11.2. The summed E-state index contributed by atoms with van der Waals surface area (Å²) in [6, 6.07) is 0. The van der Waals surface area contributed by atoms with Gasteiger partial charge in [0.05, 0.1) is 12.0 Å². The second kappa shape index (κ2) is 7.57. The van der Waals surface area contributed by atoms with Gasteiger partial charge >= 0.3 is 5.97 Å². The Morgan fingerprint density at radius 1 is 1.52 bits per heavy atom. The van der Waals surface area contributed by atoms with E-state index in [0.29, 0.717) is 23.3 Å². The fourth-order valence-electron chi connectivity index (χ4n) is 2.67. The summed E-state index contributed by atoms with van der Waals surface area (Å²) in [6.07, 6.45) is 9.38. The maximum Gasteiger partial charge on any atom is 0.303 e. The van der Waals surface area contributed by atoms with Gasteiger partial charge in [-0.1, -0.05) is 0 Å². The lowest BCUT2D eigenvalue weighted by atomic mass is 10.2. The summed E-state index contributed by atoms with van der Waals surface area (Å²) < 4.78 is 12.7. The number of anilines is 1. The SMILES string of the molecule is C#C.CC(=O)O[C@H]1C[C@H](n2cnc3c(C)nc(N)nc32)O[C@@H]1C=C=O. The van der Waals surface area contributed by atoms with Gasteiger partial charge in [-0.25, -0.2) is 14.8 Å². The number of aromatic nitrogens is 4. The number of rotatable bonds is 3. The molecule has 2 N–H and O–H groups in total. The molecule has 1 saturated heterocycles. The molecule has 9 nitrogen and oxygen atoms in total. The van der Waals surface area contributed by atoms with Crippen LogP contribution in [-0.2, 0) is 19.1 Å². The van der Waals surface area contributed by atoms with Crippen LogP contribution in [0.3, 0.4) is 0 Å². The summed E-state index contributed by atoms with van der Waals surface area (Å²) in [4.78, 5) is 34.3. The summed E-state index contributed by atoms with van der Waals surface area (Å²) >= 11 is 0. The lowest BCUT2D eigenvalue weighted by Gasteiger charge is -2.13. The van der Waals surface area contributed by atoms with Gasteiger partial charge < -0.3 is 15.2 Å². The Morgan fingerprint density at radius 3 is 2.88 bits per heavy atom. The quantitative estimate of drug-likeness (QED) is 0.488. The molecular formula is C16H17N5O4. The number of aryl methyl sites for hydroxylation is 1. The zero-order chi connectivity index (χ0) is 18.6. The number of nitrogens with two attached hydrogens (primary N) is 1. The third kappa shape index (κ3) is 3.66. The normalized spacial score (nSPS) is 21.8. The summed E-state index contributed by atoms with van der Waals surface area (Å²) in [5.41, 5.74) is 7.48. The van der Waals surface area contributed by atoms with E-state index in [1.165, 1.54) is 13.0 Å². The first kappa shape index (κ1) is 18.1. The number of carbonyl (C=O) groups excluding carboxylic acids is 2. The molecule has 2 aromatic rings. The van der Waals surface area contributed by atoms with Gasteiger partial charge in [-0.15, -0.1) is 12.8 Å². The molecule has 0 unspecified atom stereocenters. The van der Waals surface area contributed by atoms with E-state index in [1.54, 1.807) is 23.8 Å². The van der Waals surface area contributed by atoms with Crippen molar-refractivity contribution in [3.8, 4) is 12.8 Å². The van der Waals surface area contributed by atoms with E-state index in [2.05, 4.69) is 27.8 Å². The highest BCUT2D eigenvalue weighted by Gasteiger charge is 2.38. The zero-order valence-corrected chi connectivity index (χ0v) is 13.7. The number of nitrogens with zero attached hydrogens (tertiary/aromatic N) is 4. The molecular weight excluding hydrogens is 326 g/mol. The lowest BCUT2D eigenvalue weighted by molar-refractivity contribution is -0.147. The number of hydrogen-bond acceptors (Lipinski definition) is 8. The molecule has 2 aromatic heterocycles. The molecule has 3 atom stereocenters. The molecule has 0 radical (unpaired) electrons. The lowest BCUT2D eigenvalue weighted by Crippen LogP contribution is -2.24. The molecule has 0 bridgehead atoms. The first-order chi connectivity index (χ1) is 12.0. The van der Waals surface area contributed by atoms with Crippen LogP contribution in [0.4, 0.5) is 5.95 Å². The first-order valence-corrected chi connectivity index (χ1v) is 7.33. The third-order valence-electron chi connectivity index (χ3n) is 3.59. The molecule has 130 valence electrons. The van der Waals surface area contributed by atoms with Crippen molar-refractivity contribution < 1.29 is 19.1 Å². The van der Waals surface area contributed by atoms with Crippen molar-refractivity contribution in [1.29, 1.82) is 0 Å². The van der Waals surface area contributed by atoms with Crippen molar-refractivity contribution in [2.24, 2.45) is 0 Å². The predicted octanol–water partition coefficient (Wildman–Crippen LogP) is 0.573. The molecule has 1 aliphatic heterocycles. The van der Waals surface area contributed by atoms with Crippen LogP contribution in [0.5, 0.6) is 0 Å². The molecule has 0 spiro atoms. The molecule has 25 heavy (non-hydrogen) atoms. The average molecular weight is 343 g/mol. The van der Waals surface area contributed by atoms with E-state index in [-0.39, 0.29) is 5.95 Å². The van der Waals surface area contributed by atoms with E-state index >= 15 is 0 Å². The van der Waals surface area contributed by atoms with Crippen LogP contribution < -0.4 is 5.73 Å². The van der Waals surface area contributed by atoms with E-state index in [0.717, 1.165) is 0 Å². The number of terminal acetylenes is 1. The maximum atomic E-state index is 11.2. The van der Waals surface area contributed by atoms with E-state index in [4.69, 9.17) is 15.2 Å². The summed E-state index contributed by atoms with van der Waals surface area (Å²) in [6.45, 7) is 3.09. The topological polar surface area (TPSA) is 122 Å². The number of imidazole rings is 1. The molecule has 1 aliphatic rings. The number of ether oxygens (including phenoxy) is 2. The van der Waals surface area contributed by atoms with Gasteiger partial charge in [0.1, 0.15) is 29.9 Å². The minimum absolute atomic E-state index is 0.135.